The number of furan rings is 1. The van der Waals surface area contributed by atoms with Crippen LogP contribution in [0.5, 0.6) is 0 Å². The normalized spacial score (nSPS) is 19.4. The Bertz CT molecular complexity index is 1000. The van der Waals surface area contributed by atoms with Gasteiger partial charge in [-0.15, -0.1) is 0 Å². The second-order valence-corrected chi connectivity index (χ2v) is 7.92. The summed E-state index contributed by atoms with van der Waals surface area (Å²) >= 11 is 0. The van der Waals surface area contributed by atoms with Gasteiger partial charge in [0, 0.05) is 11.1 Å². The van der Waals surface area contributed by atoms with Crippen molar-refractivity contribution in [1.82, 2.24) is 10.6 Å². The Hall–Kier alpha value is -2.76. The molecule has 2 aromatic carbocycles. The van der Waals surface area contributed by atoms with Crippen LogP contribution in [0.15, 0.2) is 65.1 Å². The van der Waals surface area contributed by atoms with Crippen molar-refractivity contribution in [2.45, 2.75) is 25.9 Å². The predicted molar refractivity (Wildman–Crippen MR) is 115 cm³/mol. The van der Waals surface area contributed by atoms with Crippen LogP contribution >= 0.6 is 0 Å². The van der Waals surface area contributed by atoms with E-state index in [9.17, 15) is 0 Å². The molecule has 1 aromatic heterocycles. The molecule has 2 aliphatic heterocycles. The summed E-state index contributed by atoms with van der Waals surface area (Å²) in [6, 6.07) is 21.9. The molecular formula is C24H26Cl2N4O. The van der Waals surface area contributed by atoms with Gasteiger partial charge in [0.1, 0.15) is 36.7 Å². The first-order chi connectivity index (χ1) is 14.2. The number of amidine groups is 2. The average molecular weight is 457 g/mol. The fourth-order valence-electron chi connectivity index (χ4n) is 3.83. The molecule has 0 fully saturated rings. The summed E-state index contributed by atoms with van der Waals surface area (Å²) in [6.45, 7) is 6.26. The van der Waals surface area contributed by atoms with Gasteiger partial charge in [-0.05, 0) is 50.2 Å². The minimum atomic E-state index is 0. The third-order valence-electron chi connectivity index (χ3n) is 5.47. The van der Waals surface area contributed by atoms with Gasteiger partial charge in [-0.2, -0.15) is 0 Å². The minimum Gasteiger partial charge on any atom is -1.00 e. The molecule has 0 spiro atoms. The second-order valence-electron chi connectivity index (χ2n) is 7.92. The Balaban J connectivity index is 0.00000136. The number of hydrogen-bond donors (Lipinski definition) is 4. The number of hydrogen-bond acceptors (Lipinski definition) is 3. The van der Waals surface area contributed by atoms with E-state index in [1.807, 2.05) is 12.1 Å². The van der Waals surface area contributed by atoms with Crippen molar-refractivity contribution in [2.75, 3.05) is 13.1 Å². The molecule has 7 heteroatoms. The van der Waals surface area contributed by atoms with Crippen molar-refractivity contribution in [3.05, 3.63) is 71.8 Å². The van der Waals surface area contributed by atoms with Crippen LogP contribution in [0.4, 0.5) is 0 Å². The van der Waals surface area contributed by atoms with Crippen molar-refractivity contribution in [3.8, 4) is 22.6 Å². The molecular weight excluding hydrogens is 431 g/mol. The molecule has 162 valence electrons. The zero-order chi connectivity index (χ0) is 19.8. The van der Waals surface area contributed by atoms with E-state index in [0.717, 1.165) is 47.4 Å². The summed E-state index contributed by atoms with van der Waals surface area (Å²) in [7, 11) is 0. The molecule has 5 nitrogen and oxygen atoms in total. The zero-order valence-corrected chi connectivity index (χ0v) is 19.0. The van der Waals surface area contributed by atoms with Crippen LogP contribution in [0, 0.1) is 0 Å². The number of rotatable bonds is 4. The number of halogens is 2. The van der Waals surface area contributed by atoms with E-state index in [4.69, 9.17) is 4.42 Å². The first kappa shape index (κ1) is 22.9. The predicted octanol–water partition coefficient (Wildman–Crippen LogP) is -5.74. The van der Waals surface area contributed by atoms with E-state index >= 15 is 0 Å². The molecule has 0 amide bonds. The van der Waals surface area contributed by atoms with Crippen LogP contribution in [-0.4, -0.2) is 36.8 Å². The van der Waals surface area contributed by atoms with Gasteiger partial charge in [-0.3, -0.25) is 20.6 Å². The molecule has 3 heterocycles. The third kappa shape index (κ3) is 4.78. The maximum absolute atomic E-state index is 6.14. The topological polar surface area (TPSA) is 65.1 Å². The fraction of sp³-hybridized carbons (Fsp3) is 0.250. The van der Waals surface area contributed by atoms with Gasteiger partial charge in [-0.25, -0.2) is 0 Å². The summed E-state index contributed by atoms with van der Waals surface area (Å²) in [5, 5.41) is 6.91. The van der Waals surface area contributed by atoms with Gasteiger partial charge in [0.15, 0.2) is 0 Å². The van der Waals surface area contributed by atoms with Crippen molar-refractivity contribution in [2.24, 2.45) is 0 Å². The van der Waals surface area contributed by atoms with Crippen LogP contribution in [0.25, 0.3) is 22.6 Å². The zero-order valence-electron chi connectivity index (χ0n) is 17.5. The van der Waals surface area contributed by atoms with Gasteiger partial charge in [-0.1, -0.05) is 24.3 Å². The lowest BCUT2D eigenvalue weighted by Crippen LogP contribution is -3.00. The van der Waals surface area contributed by atoms with Gasteiger partial charge in [0.2, 0.25) is 0 Å². The summed E-state index contributed by atoms with van der Waals surface area (Å²) in [5.41, 5.74) is 4.49. The van der Waals surface area contributed by atoms with E-state index < -0.39 is 0 Å². The van der Waals surface area contributed by atoms with Crippen molar-refractivity contribution in [1.29, 1.82) is 0 Å². The monoisotopic (exact) mass is 456 g/mol. The van der Waals surface area contributed by atoms with Crippen LogP contribution in [0.1, 0.15) is 25.0 Å². The molecule has 0 saturated carbocycles. The lowest BCUT2D eigenvalue weighted by atomic mass is 10.1. The summed E-state index contributed by atoms with van der Waals surface area (Å²) in [4.78, 5) is 6.81. The Kier molecular flexibility index (Phi) is 7.08. The van der Waals surface area contributed by atoms with E-state index in [0.29, 0.717) is 12.1 Å². The molecule has 2 unspecified atom stereocenters. The van der Waals surface area contributed by atoms with Gasteiger partial charge < -0.3 is 29.2 Å². The fourth-order valence-corrected chi connectivity index (χ4v) is 3.83. The maximum atomic E-state index is 6.14. The molecule has 2 aliphatic rings. The van der Waals surface area contributed by atoms with Gasteiger partial charge >= 0.3 is 0 Å². The van der Waals surface area contributed by atoms with Crippen LogP contribution < -0.4 is 45.4 Å². The molecule has 4 N–H and O–H groups in total. The molecule has 2 atom stereocenters. The molecule has 0 bridgehead atoms. The van der Waals surface area contributed by atoms with Crippen LogP contribution in [-0.2, 0) is 0 Å². The highest BCUT2D eigenvalue weighted by molar-refractivity contribution is 5.96. The third-order valence-corrected chi connectivity index (χ3v) is 5.47. The minimum absolute atomic E-state index is 0. The number of benzene rings is 2. The highest BCUT2D eigenvalue weighted by atomic mass is 35.5. The molecule has 31 heavy (non-hydrogen) atoms. The van der Waals surface area contributed by atoms with E-state index in [1.54, 1.807) is 0 Å². The van der Waals surface area contributed by atoms with Gasteiger partial charge in [0.25, 0.3) is 11.7 Å². The van der Waals surface area contributed by atoms with Crippen molar-refractivity contribution < 1.29 is 39.2 Å². The summed E-state index contributed by atoms with van der Waals surface area (Å²) in [6.07, 6.45) is 0. The molecule has 3 aromatic rings. The largest absolute Gasteiger partial charge is 1.00 e. The lowest BCUT2D eigenvalue weighted by Gasteiger charge is -2.02. The Labute approximate surface area is 194 Å². The quantitative estimate of drug-likeness (QED) is 0.316. The highest BCUT2D eigenvalue weighted by Crippen LogP contribution is 2.28. The first-order valence-electron chi connectivity index (χ1n) is 10.2. The van der Waals surface area contributed by atoms with E-state index in [1.165, 1.54) is 11.1 Å². The van der Waals surface area contributed by atoms with E-state index in [2.05, 4.69) is 83.0 Å². The smallest absolute Gasteiger partial charge is 0.275 e. The Morgan fingerprint density at radius 3 is 1.29 bits per heavy atom. The molecule has 5 rings (SSSR count). The van der Waals surface area contributed by atoms with Gasteiger partial charge in [0.05, 0.1) is 11.1 Å². The standard InChI is InChI=1S/C24H24N4O.2ClH/c1-15-13-25-23(27-15)19-7-3-17(4-8-19)21-11-12-22(29-21)18-5-9-20(10-6-18)24-26-14-16(2)28-24;;/h3-12,15-16H,13-14H2,1-2H3,(H,25,27)(H,26,28);2*1H. The highest BCUT2D eigenvalue weighted by Gasteiger charge is 2.22. The second kappa shape index (κ2) is 9.58. The number of nitrogens with one attached hydrogen (secondary N) is 4. The molecule has 0 radical (unpaired) electrons. The SMILES string of the molecule is CC1C[NH+]=C(c2ccc(-c3ccc(-c4ccc(C5=[NH+]CC(C)N5)cc4)o3)cc2)N1.[Cl-].[Cl-]. The molecule has 0 aliphatic carbocycles. The van der Waals surface area contributed by atoms with Crippen LogP contribution in [0.2, 0.25) is 0 Å². The van der Waals surface area contributed by atoms with Crippen molar-refractivity contribution in [3.63, 3.8) is 0 Å². The summed E-state index contributed by atoms with van der Waals surface area (Å²) in [5.74, 6) is 3.96. The van der Waals surface area contributed by atoms with E-state index in [-0.39, 0.29) is 24.8 Å². The average Bonchev–Trinajstić information content (AvgIpc) is 3.49. The maximum Gasteiger partial charge on any atom is 0.275 e. The Morgan fingerprint density at radius 1 is 0.613 bits per heavy atom. The van der Waals surface area contributed by atoms with Crippen LogP contribution in [0.3, 0.4) is 0 Å². The molecule has 0 saturated heterocycles. The van der Waals surface area contributed by atoms with Crippen molar-refractivity contribution >= 4 is 11.7 Å². The first-order valence-corrected chi connectivity index (χ1v) is 10.2. The summed E-state index contributed by atoms with van der Waals surface area (Å²) < 4.78 is 6.14. The Morgan fingerprint density at radius 2 is 0.968 bits per heavy atom. The lowest BCUT2D eigenvalue weighted by molar-refractivity contribution is -0.448.